The smallest absolute Gasteiger partial charge is 0.326 e. The Bertz CT molecular complexity index is 1040. The van der Waals surface area contributed by atoms with Crippen molar-refractivity contribution < 1.29 is 78.8 Å². The van der Waals surface area contributed by atoms with E-state index in [1.165, 1.54) is 0 Å². The van der Waals surface area contributed by atoms with Crippen molar-refractivity contribution in [3.8, 4) is 0 Å². The summed E-state index contributed by atoms with van der Waals surface area (Å²) in [6, 6.07) is 0. The minimum Gasteiger partial charge on any atom is -0.481 e. The predicted molar refractivity (Wildman–Crippen MR) is 86.8 cm³/mol. The average molecular weight is 460 g/mol. The molecule has 3 atom stereocenters. The number of carbonyl (C=O) groups is 8. The van der Waals surface area contributed by atoms with Crippen LogP contribution in [0.5, 0.6) is 0 Å². The molecule has 0 spiro atoms. The fraction of sp³-hybridized carbons (Fsp3) is 0.375. The van der Waals surface area contributed by atoms with Gasteiger partial charge in [0.2, 0.25) is 16.2 Å². The minimum absolute atomic E-state index is 0.110. The number of aliphatic carboxylic acids is 7. The van der Waals surface area contributed by atoms with Crippen molar-refractivity contribution in [2.45, 2.75) is 0 Å². The summed E-state index contributed by atoms with van der Waals surface area (Å²) in [6.07, 6.45) is -0.251. The van der Waals surface area contributed by atoms with E-state index in [-0.39, 0.29) is 12.2 Å². The third-order valence-electron chi connectivity index (χ3n) is 6.28. The van der Waals surface area contributed by atoms with Crippen LogP contribution in [0.25, 0.3) is 0 Å². The Labute approximate surface area is 173 Å². The molecular formula is C16H12O16. The number of esters is 1. The van der Waals surface area contributed by atoms with Crippen LogP contribution in [0.1, 0.15) is 0 Å². The van der Waals surface area contributed by atoms with Gasteiger partial charge in [0.1, 0.15) is 10.8 Å². The lowest BCUT2D eigenvalue weighted by Gasteiger charge is -2.45. The number of carbonyl (C=O) groups excluding carboxylic acids is 1. The molecule has 32 heavy (non-hydrogen) atoms. The van der Waals surface area contributed by atoms with E-state index in [1.807, 2.05) is 0 Å². The Hall–Kier alpha value is -4.50. The Balaban J connectivity index is 3.65. The molecule has 7 N–H and O–H groups in total. The number of hydrogen-bond donors (Lipinski definition) is 7. The monoisotopic (exact) mass is 460 g/mol. The van der Waals surface area contributed by atoms with Gasteiger partial charge in [-0.3, -0.25) is 38.4 Å². The molecule has 0 amide bonds. The first-order valence-corrected chi connectivity index (χ1v) is 7.97. The quantitative estimate of drug-likeness (QED) is 0.110. The standard InChI is InChI=1S/C16H12O16/c1-32-11(31)16(10(29)30)13(5(19)20)3-2-12(4(17)18,14(13,6(21)22)7(23)24)15(16,8(25)26)9(27)28/h2-3H,1H3,(H,17,18)(H,19,20)(H,21,22)(H,23,24)(H,25,26)(H,27,28)(H,29,30). The zero-order valence-electron chi connectivity index (χ0n) is 15.5. The summed E-state index contributed by atoms with van der Waals surface area (Å²) in [6.45, 7) is 0. The molecule has 2 bridgehead atoms. The molecule has 16 nitrogen and oxygen atoms in total. The van der Waals surface area contributed by atoms with Gasteiger partial charge in [-0.25, -0.2) is 0 Å². The molecule has 2 rings (SSSR count). The van der Waals surface area contributed by atoms with Crippen molar-refractivity contribution in [2.24, 2.45) is 27.1 Å². The van der Waals surface area contributed by atoms with E-state index in [2.05, 4.69) is 4.74 Å². The zero-order chi connectivity index (χ0) is 25.2. The fourth-order valence-electron chi connectivity index (χ4n) is 5.40. The second kappa shape index (κ2) is 6.25. The largest absolute Gasteiger partial charge is 0.481 e. The maximum absolute atomic E-state index is 12.8. The lowest BCUT2D eigenvalue weighted by molar-refractivity contribution is -0.210. The van der Waals surface area contributed by atoms with Crippen LogP contribution in [0.2, 0.25) is 0 Å². The average Bonchev–Trinajstić information content (AvgIpc) is 3.09. The van der Waals surface area contributed by atoms with Gasteiger partial charge in [-0.05, 0) is 0 Å². The first-order chi connectivity index (χ1) is 14.5. The SMILES string of the molecule is COC(=O)C1(C(=O)O)C2(C(=O)O)C=CC(C(=O)O)(C2(C(=O)O)C(=O)O)C1(C(=O)O)C(=O)O. The molecule has 0 saturated heterocycles. The van der Waals surface area contributed by atoms with E-state index in [1.54, 1.807) is 0 Å². The summed E-state index contributed by atoms with van der Waals surface area (Å²) >= 11 is 0. The minimum atomic E-state index is -4.74. The number of rotatable bonds is 8. The Morgan fingerprint density at radius 3 is 1.00 bits per heavy atom. The number of hydrogen-bond acceptors (Lipinski definition) is 9. The van der Waals surface area contributed by atoms with E-state index < -0.39 is 74.8 Å². The highest BCUT2D eigenvalue weighted by molar-refractivity contribution is 6.28. The first-order valence-electron chi connectivity index (χ1n) is 7.97. The Morgan fingerprint density at radius 2 is 0.781 bits per heavy atom. The van der Waals surface area contributed by atoms with Crippen LogP contribution >= 0.6 is 0 Å². The van der Waals surface area contributed by atoms with Crippen molar-refractivity contribution in [3.05, 3.63) is 12.2 Å². The highest BCUT2D eigenvalue weighted by Crippen LogP contribution is 2.83. The molecule has 3 unspecified atom stereocenters. The van der Waals surface area contributed by atoms with Crippen molar-refractivity contribution in [1.82, 2.24) is 0 Å². The van der Waals surface area contributed by atoms with Gasteiger partial charge in [0.05, 0.1) is 7.11 Å². The van der Waals surface area contributed by atoms with Gasteiger partial charge in [0.15, 0.2) is 0 Å². The molecule has 2 aliphatic rings. The van der Waals surface area contributed by atoms with E-state index >= 15 is 0 Å². The maximum atomic E-state index is 12.8. The predicted octanol–water partition coefficient (Wildman–Crippen LogP) is -2.73. The topological polar surface area (TPSA) is 287 Å². The van der Waals surface area contributed by atoms with Gasteiger partial charge in [-0.15, -0.1) is 0 Å². The number of carboxylic acid groups (broad SMARTS) is 7. The molecule has 0 heterocycles. The molecule has 0 radical (unpaired) electrons. The molecular weight excluding hydrogens is 448 g/mol. The van der Waals surface area contributed by atoms with E-state index in [9.17, 15) is 74.1 Å². The van der Waals surface area contributed by atoms with Gasteiger partial charge >= 0.3 is 47.8 Å². The van der Waals surface area contributed by atoms with Crippen LogP contribution in [-0.2, 0) is 43.1 Å². The summed E-state index contributed by atoms with van der Waals surface area (Å²) < 4.78 is 4.14. The summed E-state index contributed by atoms with van der Waals surface area (Å²) in [4.78, 5) is 99.4. The van der Waals surface area contributed by atoms with Gasteiger partial charge in [0, 0.05) is 0 Å². The molecule has 2 aliphatic carbocycles. The van der Waals surface area contributed by atoms with E-state index in [0.717, 1.165) is 0 Å². The van der Waals surface area contributed by atoms with E-state index in [4.69, 9.17) is 0 Å². The van der Waals surface area contributed by atoms with Crippen LogP contribution in [0.15, 0.2) is 12.2 Å². The molecule has 1 fully saturated rings. The van der Waals surface area contributed by atoms with Gasteiger partial charge in [0.25, 0.3) is 0 Å². The fourth-order valence-corrected chi connectivity index (χ4v) is 5.40. The van der Waals surface area contributed by atoms with Gasteiger partial charge < -0.3 is 40.5 Å². The molecule has 172 valence electrons. The Kier molecular flexibility index (Phi) is 4.65. The van der Waals surface area contributed by atoms with Crippen LogP contribution in [0.4, 0.5) is 0 Å². The first kappa shape index (κ1) is 23.8. The molecule has 0 aromatic heterocycles. The van der Waals surface area contributed by atoms with Crippen LogP contribution in [0, 0.1) is 27.1 Å². The summed E-state index contributed by atoms with van der Waals surface area (Å²) in [5.41, 5.74) is -22.6. The Morgan fingerprint density at radius 1 is 0.500 bits per heavy atom. The van der Waals surface area contributed by atoms with Crippen molar-refractivity contribution in [1.29, 1.82) is 0 Å². The van der Waals surface area contributed by atoms with Crippen molar-refractivity contribution in [3.63, 3.8) is 0 Å². The molecule has 0 aliphatic heterocycles. The lowest BCUT2D eigenvalue weighted by atomic mass is 9.49. The van der Waals surface area contributed by atoms with E-state index in [0.29, 0.717) is 7.11 Å². The summed E-state index contributed by atoms with van der Waals surface area (Å²) in [7, 11) is 0.337. The third-order valence-corrected chi connectivity index (χ3v) is 6.28. The number of fused-ring (bicyclic) bond motifs is 2. The third kappa shape index (κ3) is 1.61. The van der Waals surface area contributed by atoms with Gasteiger partial charge in [-0.1, -0.05) is 12.2 Å². The number of methoxy groups -OCH3 is 1. The molecule has 16 heteroatoms. The lowest BCUT2D eigenvalue weighted by Crippen LogP contribution is -2.70. The number of ether oxygens (including phenoxy) is 1. The number of carboxylic acids is 7. The van der Waals surface area contributed by atoms with Crippen molar-refractivity contribution >= 4 is 47.8 Å². The second-order valence-electron chi connectivity index (χ2n) is 6.83. The van der Waals surface area contributed by atoms with Crippen LogP contribution < -0.4 is 0 Å². The molecule has 0 aromatic carbocycles. The highest BCUT2D eigenvalue weighted by Gasteiger charge is 3.06. The maximum Gasteiger partial charge on any atom is 0.326 e. The summed E-state index contributed by atoms with van der Waals surface area (Å²) in [5, 5.41) is 69.1. The molecule has 0 aromatic rings. The van der Waals surface area contributed by atoms with Crippen molar-refractivity contribution in [2.75, 3.05) is 7.11 Å². The van der Waals surface area contributed by atoms with Gasteiger partial charge in [-0.2, -0.15) is 0 Å². The normalized spacial score (nSPS) is 30.8. The van der Waals surface area contributed by atoms with Crippen LogP contribution in [0.3, 0.4) is 0 Å². The highest BCUT2D eigenvalue weighted by atomic mass is 16.5. The zero-order valence-corrected chi connectivity index (χ0v) is 15.5. The summed E-state index contributed by atoms with van der Waals surface area (Å²) in [5.74, 6) is -23.0. The molecule has 1 saturated carbocycles. The van der Waals surface area contributed by atoms with Crippen LogP contribution in [-0.4, -0.2) is 90.6 Å². The second-order valence-corrected chi connectivity index (χ2v) is 6.83.